The maximum Gasteiger partial charge on any atom is 0.326 e. The Morgan fingerprint density at radius 1 is 1.04 bits per heavy atom. The molecule has 2 saturated heterocycles. The second-order valence-electron chi connectivity index (χ2n) is 8.42. The van der Waals surface area contributed by atoms with E-state index in [4.69, 9.17) is 0 Å². The van der Waals surface area contributed by atoms with Crippen molar-refractivity contribution in [2.24, 2.45) is 5.92 Å². The molecule has 2 heterocycles. The summed E-state index contributed by atoms with van der Waals surface area (Å²) in [5.74, 6) is -0.737. The van der Waals surface area contributed by atoms with Gasteiger partial charge in [-0.15, -0.1) is 0 Å². The van der Waals surface area contributed by atoms with Crippen LogP contribution in [0, 0.1) is 5.92 Å². The van der Waals surface area contributed by atoms with Gasteiger partial charge in [-0.3, -0.25) is 4.79 Å². The zero-order chi connectivity index (χ0) is 18.8. The number of nitrogens with zero attached hydrogens (tertiary/aromatic N) is 2. The Labute approximate surface area is 161 Å². The number of hydrogen-bond donors (Lipinski definition) is 1. The molecule has 4 unspecified atom stereocenters. The number of amides is 1. The smallest absolute Gasteiger partial charge is 0.326 e. The lowest BCUT2D eigenvalue weighted by atomic mass is 9.84. The lowest BCUT2D eigenvalue weighted by Gasteiger charge is -2.36. The van der Waals surface area contributed by atoms with Crippen molar-refractivity contribution in [2.45, 2.75) is 62.9 Å². The first-order valence-corrected chi connectivity index (χ1v) is 10.5. The molecule has 0 spiro atoms. The summed E-state index contributed by atoms with van der Waals surface area (Å²) in [5.41, 5.74) is 1.01. The number of carbonyl (C=O) groups excluding carboxylic acids is 1. The third-order valence-electron chi connectivity index (χ3n) is 6.77. The van der Waals surface area contributed by atoms with Crippen LogP contribution in [-0.4, -0.2) is 58.5 Å². The highest BCUT2D eigenvalue weighted by molar-refractivity contribution is 5.89. The number of likely N-dealkylation sites (tertiary alicyclic amines) is 2. The van der Waals surface area contributed by atoms with Gasteiger partial charge in [0.15, 0.2) is 0 Å². The molecule has 1 N–H and O–H groups in total. The molecule has 1 amide bonds. The first-order chi connectivity index (χ1) is 13.1. The van der Waals surface area contributed by atoms with Crippen LogP contribution >= 0.6 is 0 Å². The summed E-state index contributed by atoms with van der Waals surface area (Å²) in [6, 6.07) is 9.40. The number of hydrogen-bond acceptors (Lipinski definition) is 3. The molecule has 1 aromatic rings. The summed E-state index contributed by atoms with van der Waals surface area (Å²) in [6.07, 6.45) is 7.25. The number of carboxylic acids is 1. The zero-order valence-corrected chi connectivity index (χ0v) is 15.9. The van der Waals surface area contributed by atoms with Crippen LogP contribution in [0.15, 0.2) is 30.3 Å². The van der Waals surface area contributed by atoms with Gasteiger partial charge >= 0.3 is 5.97 Å². The van der Waals surface area contributed by atoms with E-state index < -0.39 is 12.0 Å². The molecule has 4 atom stereocenters. The van der Waals surface area contributed by atoms with Gasteiger partial charge in [0.25, 0.3) is 0 Å². The van der Waals surface area contributed by atoms with Crippen molar-refractivity contribution in [1.82, 2.24) is 9.80 Å². The molecule has 5 nitrogen and oxygen atoms in total. The fraction of sp³-hybridized carbons (Fsp3) is 0.636. The molecule has 0 radical (unpaired) electrons. The molecule has 4 rings (SSSR count). The average Bonchev–Trinajstić information content (AvgIpc) is 3.34. The largest absolute Gasteiger partial charge is 0.480 e. The molecule has 2 aliphatic heterocycles. The second-order valence-corrected chi connectivity index (χ2v) is 8.42. The molecule has 5 heteroatoms. The summed E-state index contributed by atoms with van der Waals surface area (Å²) in [4.78, 5) is 29.8. The van der Waals surface area contributed by atoms with Crippen LogP contribution in [0.4, 0.5) is 0 Å². The maximum absolute atomic E-state index is 13.7. The summed E-state index contributed by atoms with van der Waals surface area (Å²) < 4.78 is 0. The van der Waals surface area contributed by atoms with Crippen LogP contribution in [0.2, 0.25) is 0 Å². The minimum Gasteiger partial charge on any atom is -0.480 e. The summed E-state index contributed by atoms with van der Waals surface area (Å²) >= 11 is 0. The molecule has 0 aromatic heterocycles. The normalized spacial score (nSPS) is 29.5. The Morgan fingerprint density at radius 2 is 1.74 bits per heavy atom. The summed E-state index contributed by atoms with van der Waals surface area (Å²) in [7, 11) is 0. The molecule has 1 aliphatic carbocycles. The average molecular weight is 370 g/mol. The van der Waals surface area contributed by atoms with Gasteiger partial charge < -0.3 is 14.9 Å². The molecule has 0 bridgehead atoms. The monoisotopic (exact) mass is 370 g/mol. The van der Waals surface area contributed by atoms with Crippen molar-refractivity contribution in [3.63, 3.8) is 0 Å². The van der Waals surface area contributed by atoms with Gasteiger partial charge in [-0.25, -0.2) is 4.79 Å². The van der Waals surface area contributed by atoms with Gasteiger partial charge in [0.2, 0.25) is 5.91 Å². The Bertz CT molecular complexity index is 671. The lowest BCUT2D eigenvalue weighted by Crippen LogP contribution is -2.49. The van der Waals surface area contributed by atoms with E-state index in [1.54, 1.807) is 4.90 Å². The van der Waals surface area contributed by atoms with Gasteiger partial charge in [0.1, 0.15) is 6.04 Å². The Kier molecular flexibility index (Phi) is 5.48. The van der Waals surface area contributed by atoms with Crippen LogP contribution < -0.4 is 0 Å². The van der Waals surface area contributed by atoms with Gasteiger partial charge in [-0.05, 0) is 56.7 Å². The van der Waals surface area contributed by atoms with E-state index in [1.807, 2.05) is 30.3 Å². The highest BCUT2D eigenvalue weighted by Crippen LogP contribution is 2.41. The lowest BCUT2D eigenvalue weighted by molar-refractivity contribution is -0.150. The van der Waals surface area contributed by atoms with Crippen molar-refractivity contribution in [2.75, 3.05) is 19.6 Å². The van der Waals surface area contributed by atoms with Crippen molar-refractivity contribution in [1.29, 1.82) is 0 Å². The third kappa shape index (κ3) is 3.75. The molecule has 27 heavy (non-hydrogen) atoms. The molecular formula is C22H30N2O3. The SMILES string of the molecule is O=C(O)C1CC2CCCCC2N1C(=O)C(CN1CCCC1)c1ccccc1. The highest BCUT2D eigenvalue weighted by Gasteiger charge is 2.49. The molecule has 1 saturated carbocycles. The van der Waals surface area contributed by atoms with E-state index in [0.717, 1.165) is 44.3 Å². The molecule has 3 aliphatic rings. The minimum absolute atomic E-state index is 0.0231. The second kappa shape index (κ2) is 8.01. The van der Waals surface area contributed by atoms with Crippen molar-refractivity contribution in [3.05, 3.63) is 35.9 Å². The van der Waals surface area contributed by atoms with E-state index in [2.05, 4.69) is 4.90 Å². The topological polar surface area (TPSA) is 60.9 Å². The van der Waals surface area contributed by atoms with E-state index in [1.165, 1.54) is 12.8 Å². The van der Waals surface area contributed by atoms with E-state index in [9.17, 15) is 14.7 Å². The number of rotatable bonds is 5. The first kappa shape index (κ1) is 18.5. The fourth-order valence-corrected chi connectivity index (χ4v) is 5.41. The van der Waals surface area contributed by atoms with Gasteiger partial charge in [0.05, 0.1) is 5.92 Å². The van der Waals surface area contributed by atoms with Crippen LogP contribution in [-0.2, 0) is 9.59 Å². The quantitative estimate of drug-likeness (QED) is 0.865. The standard InChI is InChI=1S/C22H30N2O3/c25-21(24-19-11-5-4-10-17(19)14-20(24)22(26)27)18(15-23-12-6-7-13-23)16-8-2-1-3-9-16/h1-3,8-9,17-20H,4-7,10-15H2,(H,26,27). The van der Waals surface area contributed by atoms with Crippen molar-refractivity contribution in [3.8, 4) is 0 Å². The van der Waals surface area contributed by atoms with Crippen molar-refractivity contribution < 1.29 is 14.7 Å². The fourth-order valence-electron chi connectivity index (χ4n) is 5.41. The number of benzene rings is 1. The maximum atomic E-state index is 13.7. The third-order valence-corrected chi connectivity index (χ3v) is 6.77. The molecule has 3 fully saturated rings. The van der Waals surface area contributed by atoms with Crippen LogP contribution in [0.3, 0.4) is 0 Å². The molecule has 1 aromatic carbocycles. The Balaban J connectivity index is 1.63. The minimum atomic E-state index is -0.842. The number of carbonyl (C=O) groups is 2. The van der Waals surface area contributed by atoms with Gasteiger partial charge in [-0.1, -0.05) is 43.2 Å². The summed E-state index contributed by atoms with van der Waals surface area (Å²) in [6.45, 7) is 2.76. The number of aliphatic carboxylic acids is 1. The van der Waals surface area contributed by atoms with Crippen LogP contribution in [0.25, 0.3) is 0 Å². The van der Waals surface area contributed by atoms with Crippen molar-refractivity contribution >= 4 is 11.9 Å². The highest BCUT2D eigenvalue weighted by atomic mass is 16.4. The zero-order valence-electron chi connectivity index (χ0n) is 15.9. The van der Waals surface area contributed by atoms with E-state index in [-0.39, 0.29) is 17.9 Å². The summed E-state index contributed by atoms with van der Waals surface area (Å²) in [5, 5.41) is 9.81. The first-order valence-electron chi connectivity index (χ1n) is 10.5. The number of carboxylic acid groups (broad SMARTS) is 1. The Morgan fingerprint density at radius 3 is 2.44 bits per heavy atom. The Hall–Kier alpha value is -1.88. The predicted octanol–water partition coefficient (Wildman–Crippen LogP) is 3.11. The van der Waals surface area contributed by atoms with E-state index in [0.29, 0.717) is 18.9 Å². The molecule has 146 valence electrons. The van der Waals surface area contributed by atoms with Gasteiger partial charge in [-0.2, -0.15) is 0 Å². The number of fused-ring (bicyclic) bond motifs is 1. The van der Waals surface area contributed by atoms with E-state index >= 15 is 0 Å². The molecular weight excluding hydrogens is 340 g/mol. The predicted molar refractivity (Wildman–Crippen MR) is 103 cm³/mol. The van der Waals surface area contributed by atoms with Crippen LogP contribution in [0.1, 0.15) is 56.4 Å². The van der Waals surface area contributed by atoms with Crippen LogP contribution in [0.5, 0.6) is 0 Å². The van der Waals surface area contributed by atoms with Gasteiger partial charge in [0, 0.05) is 12.6 Å².